The average molecular weight is 281 g/mol. The van der Waals surface area contributed by atoms with Crippen molar-refractivity contribution in [3.05, 3.63) is 47.9 Å². The molecule has 0 radical (unpaired) electrons. The molecule has 0 saturated heterocycles. The van der Waals surface area contributed by atoms with Gasteiger partial charge in [-0.3, -0.25) is 5.10 Å². The Labute approximate surface area is 123 Å². The molecule has 0 bridgehead atoms. The van der Waals surface area contributed by atoms with Gasteiger partial charge in [0.25, 0.3) is 0 Å². The van der Waals surface area contributed by atoms with Gasteiger partial charge < -0.3 is 5.32 Å². The van der Waals surface area contributed by atoms with Gasteiger partial charge in [-0.05, 0) is 18.4 Å². The van der Waals surface area contributed by atoms with Crippen molar-refractivity contribution in [2.45, 2.75) is 26.8 Å². The normalized spacial score (nSPS) is 12.8. The molecule has 1 aromatic carbocycles. The number of hydrogen-bond acceptors (Lipinski definition) is 4. The first-order valence-electron chi connectivity index (χ1n) is 7.14. The maximum atomic E-state index is 4.36. The van der Waals surface area contributed by atoms with Crippen LogP contribution in [-0.2, 0) is 0 Å². The molecule has 21 heavy (non-hydrogen) atoms. The lowest BCUT2D eigenvalue weighted by atomic mass is 9.96. The standard InChI is InChI=1S/C16H19N5/c1-10(2)13(12-7-5-4-6-8-12)19-16-15-14(17-9-18-16)11(3)20-21-15/h4-10,13H,1-3H3,(H,20,21)(H,17,18,19). The van der Waals surface area contributed by atoms with Gasteiger partial charge in [0.2, 0.25) is 0 Å². The maximum absolute atomic E-state index is 4.36. The van der Waals surface area contributed by atoms with E-state index in [1.165, 1.54) is 5.56 Å². The number of rotatable bonds is 4. The van der Waals surface area contributed by atoms with Crippen LogP contribution < -0.4 is 5.32 Å². The lowest BCUT2D eigenvalue weighted by molar-refractivity contribution is 0.545. The topological polar surface area (TPSA) is 66.5 Å². The molecule has 3 rings (SSSR count). The SMILES string of the molecule is Cc1[nH]nc2c(NC(c3ccccc3)C(C)C)ncnc12. The number of hydrogen-bond donors (Lipinski definition) is 2. The number of anilines is 1. The predicted octanol–water partition coefficient (Wildman–Crippen LogP) is 3.47. The smallest absolute Gasteiger partial charge is 0.158 e. The van der Waals surface area contributed by atoms with Gasteiger partial charge in [0.05, 0.1) is 11.7 Å². The zero-order valence-corrected chi connectivity index (χ0v) is 12.5. The number of nitrogens with zero attached hydrogens (tertiary/aromatic N) is 3. The summed E-state index contributed by atoms with van der Waals surface area (Å²) in [4.78, 5) is 8.64. The van der Waals surface area contributed by atoms with Crippen molar-refractivity contribution in [2.24, 2.45) is 5.92 Å². The van der Waals surface area contributed by atoms with Gasteiger partial charge in [0.1, 0.15) is 11.8 Å². The molecule has 3 aromatic rings. The highest BCUT2D eigenvalue weighted by atomic mass is 15.2. The molecule has 0 aliphatic carbocycles. The quantitative estimate of drug-likeness (QED) is 0.768. The number of aryl methyl sites for hydroxylation is 1. The van der Waals surface area contributed by atoms with Crippen LogP contribution in [0.1, 0.15) is 31.1 Å². The van der Waals surface area contributed by atoms with Crippen LogP contribution in [0.5, 0.6) is 0 Å². The minimum Gasteiger partial charge on any atom is -0.361 e. The summed E-state index contributed by atoms with van der Waals surface area (Å²) in [6.45, 7) is 6.35. The molecule has 108 valence electrons. The van der Waals surface area contributed by atoms with Gasteiger partial charge in [-0.1, -0.05) is 44.2 Å². The Morgan fingerprint density at radius 3 is 2.52 bits per heavy atom. The minimum atomic E-state index is 0.182. The number of aromatic nitrogens is 4. The molecule has 0 aliphatic heterocycles. The van der Waals surface area contributed by atoms with E-state index in [1.54, 1.807) is 6.33 Å². The fourth-order valence-corrected chi connectivity index (χ4v) is 2.50. The molecule has 5 nitrogen and oxygen atoms in total. The Bertz CT molecular complexity index is 733. The summed E-state index contributed by atoms with van der Waals surface area (Å²) in [6, 6.07) is 10.6. The summed E-state index contributed by atoms with van der Waals surface area (Å²) in [5.41, 5.74) is 3.85. The van der Waals surface area contributed by atoms with Crippen molar-refractivity contribution in [2.75, 3.05) is 5.32 Å². The van der Waals surface area contributed by atoms with Crippen LogP contribution in [0.15, 0.2) is 36.7 Å². The summed E-state index contributed by atoms with van der Waals surface area (Å²) in [7, 11) is 0. The van der Waals surface area contributed by atoms with E-state index in [9.17, 15) is 0 Å². The summed E-state index contributed by atoms with van der Waals surface area (Å²) in [5.74, 6) is 1.20. The van der Waals surface area contributed by atoms with Crippen LogP contribution in [0.3, 0.4) is 0 Å². The number of aromatic amines is 1. The van der Waals surface area contributed by atoms with Crippen molar-refractivity contribution in [1.29, 1.82) is 0 Å². The monoisotopic (exact) mass is 281 g/mol. The number of H-pyrrole nitrogens is 1. The van der Waals surface area contributed by atoms with Crippen molar-refractivity contribution in [3.8, 4) is 0 Å². The predicted molar refractivity (Wildman–Crippen MR) is 84.1 cm³/mol. The molecule has 2 N–H and O–H groups in total. The lowest BCUT2D eigenvalue weighted by Gasteiger charge is -2.23. The molecule has 0 saturated carbocycles. The summed E-state index contributed by atoms with van der Waals surface area (Å²) >= 11 is 0. The van der Waals surface area contributed by atoms with Gasteiger partial charge >= 0.3 is 0 Å². The molecular formula is C16H19N5. The second-order valence-electron chi connectivity index (χ2n) is 5.54. The molecule has 2 heterocycles. The zero-order valence-electron chi connectivity index (χ0n) is 12.5. The minimum absolute atomic E-state index is 0.182. The third kappa shape index (κ3) is 2.59. The van der Waals surface area contributed by atoms with Crippen LogP contribution in [0.4, 0.5) is 5.82 Å². The number of nitrogens with one attached hydrogen (secondary N) is 2. The zero-order chi connectivity index (χ0) is 14.8. The van der Waals surface area contributed by atoms with E-state index < -0.39 is 0 Å². The Balaban J connectivity index is 1.99. The molecule has 1 atom stereocenters. The lowest BCUT2D eigenvalue weighted by Crippen LogP contribution is -2.17. The fraction of sp³-hybridized carbons (Fsp3) is 0.312. The van der Waals surface area contributed by atoms with Crippen molar-refractivity contribution >= 4 is 16.9 Å². The largest absolute Gasteiger partial charge is 0.361 e. The maximum Gasteiger partial charge on any atom is 0.158 e. The van der Waals surface area contributed by atoms with Gasteiger partial charge in [0, 0.05) is 0 Å². The highest BCUT2D eigenvalue weighted by Crippen LogP contribution is 2.28. The molecular weight excluding hydrogens is 262 g/mol. The van der Waals surface area contributed by atoms with E-state index in [2.05, 4.69) is 63.6 Å². The summed E-state index contributed by atoms with van der Waals surface area (Å²) in [5, 5.41) is 10.8. The van der Waals surface area contributed by atoms with E-state index in [-0.39, 0.29) is 6.04 Å². The van der Waals surface area contributed by atoms with Crippen LogP contribution in [0.2, 0.25) is 0 Å². The summed E-state index contributed by atoms with van der Waals surface area (Å²) < 4.78 is 0. The molecule has 0 spiro atoms. The first kappa shape index (κ1) is 13.5. The Morgan fingerprint density at radius 1 is 1.05 bits per heavy atom. The highest BCUT2D eigenvalue weighted by Gasteiger charge is 2.18. The van der Waals surface area contributed by atoms with Gasteiger partial charge in [0.15, 0.2) is 11.3 Å². The average Bonchev–Trinajstić information content (AvgIpc) is 2.88. The Hall–Kier alpha value is -2.43. The highest BCUT2D eigenvalue weighted by molar-refractivity contribution is 5.86. The molecule has 0 amide bonds. The summed E-state index contributed by atoms with van der Waals surface area (Å²) in [6.07, 6.45) is 1.58. The molecule has 1 unspecified atom stereocenters. The van der Waals surface area contributed by atoms with E-state index in [0.717, 1.165) is 22.5 Å². The van der Waals surface area contributed by atoms with Crippen molar-refractivity contribution in [3.63, 3.8) is 0 Å². The fourth-order valence-electron chi connectivity index (χ4n) is 2.50. The van der Waals surface area contributed by atoms with Crippen LogP contribution in [-0.4, -0.2) is 20.2 Å². The molecule has 0 fully saturated rings. The second kappa shape index (κ2) is 5.52. The van der Waals surface area contributed by atoms with Crippen LogP contribution in [0, 0.1) is 12.8 Å². The first-order valence-corrected chi connectivity index (χ1v) is 7.14. The van der Waals surface area contributed by atoms with Gasteiger partial charge in [-0.2, -0.15) is 5.10 Å². The van der Waals surface area contributed by atoms with Gasteiger partial charge in [-0.15, -0.1) is 0 Å². The molecule has 2 aromatic heterocycles. The van der Waals surface area contributed by atoms with Gasteiger partial charge in [-0.25, -0.2) is 9.97 Å². The van der Waals surface area contributed by atoms with Crippen molar-refractivity contribution in [1.82, 2.24) is 20.2 Å². The first-order chi connectivity index (χ1) is 10.2. The van der Waals surface area contributed by atoms with E-state index in [0.29, 0.717) is 5.92 Å². The van der Waals surface area contributed by atoms with Crippen LogP contribution in [0.25, 0.3) is 11.0 Å². The van der Waals surface area contributed by atoms with E-state index in [4.69, 9.17) is 0 Å². The van der Waals surface area contributed by atoms with E-state index in [1.807, 2.05) is 13.0 Å². The third-order valence-electron chi connectivity index (χ3n) is 3.63. The van der Waals surface area contributed by atoms with E-state index >= 15 is 0 Å². The Morgan fingerprint density at radius 2 is 1.81 bits per heavy atom. The van der Waals surface area contributed by atoms with Crippen LogP contribution >= 0.6 is 0 Å². The van der Waals surface area contributed by atoms with Crippen molar-refractivity contribution < 1.29 is 0 Å². The third-order valence-corrected chi connectivity index (χ3v) is 3.63. The second-order valence-corrected chi connectivity index (χ2v) is 5.54. The molecule has 0 aliphatic rings. The molecule has 5 heteroatoms. The number of benzene rings is 1. The number of fused-ring (bicyclic) bond motifs is 1. The Kier molecular flexibility index (Phi) is 3.56.